The van der Waals surface area contributed by atoms with E-state index in [-0.39, 0.29) is 11.9 Å². The molecule has 0 aromatic heterocycles. The number of piperidine rings is 1. The Morgan fingerprint density at radius 2 is 2.33 bits per heavy atom. The predicted molar refractivity (Wildman–Crippen MR) is 37.6 cm³/mol. The van der Waals surface area contributed by atoms with Gasteiger partial charge in [-0.1, -0.05) is 6.42 Å². The van der Waals surface area contributed by atoms with Crippen molar-refractivity contribution >= 4 is 5.84 Å². The summed E-state index contributed by atoms with van der Waals surface area (Å²) in [6.07, 6.45) is 3.47. The average molecular weight is 127 g/mol. The zero-order valence-electron chi connectivity index (χ0n) is 5.48. The van der Waals surface area contributed by atoms with Crippen molar-refractivity contribution in [3.63, 3.8) is 0 Å². The summed E-state index contributed by atoms with van der Waals surface area (Å²) in [6.45, 7) is 1.02. The maximum atomic E-state index is 7.10. The quantitative estimate of drug-likeness (QED) is 0.344. The lowest BCUT2D eigenvalue weighted by atomic mass is 10.0. The highest BCUT2D eigenvalue weighted by Gasteiger charge is 2.13. The van der Waals surface area contributed by atoms with Crippen LogP contribution in [0.3, 0.4) is 0 Å². The van der Waals surface area contributed by atoms with E-state index in [1.807, 2.05) is 0 Å². The van der Waals surface area contributed by atoms with Crippen LogP contribution in [-0.4, -0.2) is 18.4 Å². The minimum absolute atomic E-state index is 0.166. The van der Waals surface area contributed by atoms with Crippen molar-refractivity contribution in [1.29, 1.82) is 5.41 Å². The van der Waals surface area contributed by atoms with E-state index in [0.717, 1.165) is 13.0 Å². The van der Waals surface area contributed by atoms with E-state index in [0.29, 0.717) is 0 Å². The van der Waals surface area contributed by atoms with Crippen LogP contribution in [0.15, 0.2) is 0 Å². The molecular weight excluding hydrogens is 114 g/mol. The number of nitrogens with two attached hydrogens (primary N) is 1. The van der Waals surface area contributed by atoms with Crippen LogP contribution in [-0.2, 0) is 0 Å². The maximum Gasteiger partial charge on any atom is 0.108 e. The van der Waals surface area contributed by atoms with E-state index in [1.165, 1.54) is 12.8 Å². The van der Waals surface area contributed by atoms with Crippen molar-refractivity contribution in [3.8, 4) is 0 Å². The third kappa shape index (κ3) is 1.68. The van der Waals surface area contributed by atoms with Gasteiger partial charge in [-0.25, -0.2) is 0 Å². The first-order chi connectivity index (χ1) is 4.30. The molecule has 0 spiro atoms. The van der Waals surface area contributed by atoms with E-state index in [1.54, 1.807) is 0 Å². The van der Waals surface area contributed by atoms with Crippen molar-refractivity contribution in [1.82, 2.24) is 5.32 Å². The van der Waals surface area contributed by atoms with Gasteiger partial charge in [0.1, 0.15) is 5.84 Å². The lowest BCUT2D eigenvalue weighted by Gasteiger charge is -2.21. The first kappa shape index (κ1) is 6.55. The molecule has 1 rings (SSSR count). The molecule has 0 aliphatic carbocycles. The monoisotopic (exact) mass is 127 g/mol. The molecule has 0 aromatic carbocycles. The Balaban J connectivity index is 2.31. The van der Waals surface area contributed by atoms with Crippen molar-refractivity contribution in [2.45, 2.75) is 25.3 Å². The first-order valence-corrected chi connectivity index (χ1v) is 3.38. The zero-order valence-corrected chi connectivity index (χ0v) is 5.48. The second-order valence-corrected chi connectivity index (χ2v) is 2.46. The SMILES string of the molecule is N=C(N)C1CCCCN1. The summed E-state index contributed by atoms with van der Waals surface area (Å²) >= 11 is 0. The molecule has 1 aliphatic heterocycles. The van der Waals surface area contributed by atoms with Gasteiger partial charge in [-0.05, 0) is 19.4 Å². The highest BCUT2D eigenvalue weighted by Crippen LogP contribution is 2.05. The van der Waals surface area contributed by atoms with E-state index >= 15 is 0 Å². The largest absolute Gasteiger partial charge is 0.386 e. The summed E-state index contributed by atoms with van der Waals surface area (Å²) in [7, 11) is 0. The Labute approximate surface area is 55.1 Å². The molecule has 1 aliphatic rings. The Bertz CT molecular complexity index is 105. The molecule has 0 saturated carbocycles. The van der Waals surface area contributed by atoms with Gasteiger partial charge in [-0.3, -0.25) is 5.41 Å². The van der Waals surface area contributed by atoms with Gasteiger partial charge in [0.25, 0.3) is 0 Å². The smallest absolute Gasteiger partial charge is 0.108 e. The van der Waals surface area contributed by atoms with Crippen molar-refractivity contribution in [3.05, 3.63) is 0 Å². The standard InChI is InChI=1S/C6H13N3/c7-6(8)5-3-1-2-4-9-5/h5,9H,1-4H2,(H3,7,8). The molecular formula is C6H13N3. The van der Waals surface area contributed by atoms with Crippen molar-refractivity contribution < 1.29 is 0 Å². The van der Waals surface area contributed by atoms with Crippen LogP contribution in [0.25, 0.3) is 0 Å². The fourth-order valence-corrected chi connectivity index (χ4v) is 1.12. The summed E-state index contributed by atoms with van der Waals surface area (Å²) in [5, 5.41) is 10.3. The van der Waals surface area contributed by atoms with Gasteiger partial charge in [0.2, 0.25) is 0 Å². The molecule has 1 unspecified atom stereocenters. The summed E-state index contributed by atoms with van der Waals surface area (Å²) < 4.78 is 0. The Morgan fingerprint density at radius 3 is 2.67 bits per heavy atom. The minimum Gasteiger partial charge on any atom is -0.386 e. The number of hydrogen-bond acceptors (Lipinski definition) is 2. The highest BCUT2D eigenvalue weighted by atomic mass is 15.0. The molecule has 1 saturated heterocycles. The summed E-state index contributed by atoms with van der Waals surface area (Å²) in [5.41, 5.74) is 5.29. The number of rotatable bonds is 1. The Hall–Kier alpha value is -0.570. The van der Waals surface area contributed by atoms with Gasteiger partial charge in [0, 0.05) is 0 Å². The van der Waals surface area contributed by atoms with E-state index in [4.69, 9.17) is 11.1 Å². The van der Waals surface area contributed by atoms with Crippen LogP contribution in [0.4, 0.5) is 0 Å². The molecule has 0 aromatic rings. The molecule has 0 radical (unpaired) electrons. The molecule has 1 heterocycles. The van der Waals surface area contributed by atoms with Crippen molar-refractivity contribution in [2.24, 2.45) is 5.73 Å². The summed E-state index contributed by atoms with van der Waals surface area (Å²) in [4.78, 5) is 0. The maximum absolute atomic E-state index is 7.10. The van der Waals surface area contributed by atoms with Crippen molar-refractivity contribution in [2.75, 3.05) is 6.54 Å². The molecule has 4 N–H and O–H groups in total. The molecule has 0 bridgehead atoms. The molecule has 3 nitrogen and oxygen atoms in total. The van der Waals surface area contributed by atoms with Gasteiger partial charge < -0.3 is 11.1 Å². The second-order valence-electron chi connectivity index (χ2n) is 2.46. The van der Waals surface area contributed by atoms with Crippen LogP contribution in [0.5, 0.6) is 0 Å². The van der Waals surface area contributed by atoms with Gasteiger partial charge in [-0.2, -0.15) is 0 Å². The van der Waals surface area contributed by atoms with E-state index in [2.05, 4.69) is 5.32 Å². The average Bonchev–Trinajstić information content (AvgIpc) is 1.90. The molecule has 52 valence electrons. The van der Waals surface area contributed by atoms with Crippen LogP contribution in [0.1, 0.15) is 19.3 Å². The topological polar surface area (TPSA) is 61.9 Å². The Morgan fingerprint density at radius 1 is 1.56 bits per heavy atom. The fourth-order valence-electron chi connectivity index (χ4n) is 1.12. The predicted octanol–water partition coefficient (Wildman–Crippen LogP) is 0.0645. The third-order valence-corrected chi connectivity index (χ3v) is 1.69. The third-order valence-electron chi connectivity index (χ3n) is 1.69. The normalized spacial score (nSPS) is 27.8. The zero-order chi connectivity index (χ0) is 6.69. The van der Waals surface area contributed by atoms with E-state index in [9.17, 15) is 0 Å². The number of hydrogen-bond donors (Lipinski definition) is 3. The van der Waals surface area contributed by atoms with Gasteiger partial charge in [0.05, 0.1) is 6.04 Å². The van der Waals surface area contributed by atoms with Gasteiger partial charge in [-0.15, -0.1) is 0 Å². The van der Waals surface area contributed by atoms with Crippen LogP contribution < -0.4 is 11.1 Å². The van der Waals surface area contributed by atoms with Crippen LogP contribution in [0, 0.1) is 5.41 Å². The fraction of sp³-hybridized carbons (Fsp3) is 0.833. The molecule has 1 atom stereocenters. The van der Waals surface area contributed by atoms with Crippen LogP contribution in [0.2, 0.25) is 0 Å². The lowest BCUT2D eigenvalue weighted by Crippen LogP contribution is -2.43. The van der Waals surface area contributed by atoms with Gasteiger partial charge in [0.15, 0.2) is 0 Å². The Kier molecular flexibility index (Phi) is 2.05. The highest BCUT2D eigenvalue weighted by molar-refractivity contribution is 5.82. The first-order valence-electron chi connectivity index (χ1n) is 3.38. The van der Waals surface area contributed by atoms with Crippen LogP contribution >= 0.6 is 0 Å². The second kappa shape index (κ2) is 2.82. The minimum atomic E-state index is 0.166. The van der Waals surface area contributed by atoms with E-state index < -0.39 is 0 Å². The van der Waals surface area contributed by atoms with Gasteiger partial charge >= 0.3 is 0 Å². The molecule has 9 heavy (non-hydrogen) atoms. The molecule has 0 amide bonds. The number of amidine groups is 1. The number of nitrogens with one attached hydrogen (secondary N) is 2. The molecule has 3 heteroatoms. The lowest BCUT2D eigenvalue weighted by molar-refractivity contribution is 0.468. The summed E-state index contributed by atoms with van der Waals surface area (Å²) in [6, 6.07) is 0.166. The summed E-state index contributed by atoms with van der Waals surface area (Å²) in [5.74, 6) is 0.287. The molecule has 1 fully saturated rings.